The average Bonchev–Trinajstić information content (AvgIpc) is 2.61. The largest absolute Gasteiger partial charge is 0.378 e. The van der Waals surface area contributed by atoms with Crippen LogP contribution in [0.2, 0.25) is 0 Å². The van der Waals surface area contributed by atoms with Crippen LogP contribution in [0.5, 0.6) is 0 Å². The van der Waals surface area contributed by atoms with E-state index >= 15 is 0 Å². The van der Waals surface area contributed by atoms with Crippen LogP contribution in [0.4, 0.5) is 16.2 Å². The van der Waals surface area contributed by atoms with Gasteiger partial charge in [0.25, 0.3) is 0 Å². The normalized spacial score (nSPS) is 15.5. The molecule has 1 N–H and O–H groups in total. The first kappa shape index (κ1) is 18.1. The fourth-order valence-electron chi connectivity index (χ4n) is 2.73. The number of nitrogens with one attached hydrogen (secondary N) is 1. The Balaban J connectivity index is 2.03. The summed E-state index contributed by atoms with van der Waals surface area (Å²) in [6.45, 7) is 10.0. The van der Waals surface area contributed by atoms with Gasteiger partial charge in [-0.15, -0.1) is 0 Å². The molecule has 1 aromatic carbocycles. The highest BCUT2D eigenvalue weighted by Gasteiger charge is 2.17. The number of rotatable bonds is 5. The molecule has 1 aliphatic rings. The summed E-state index contributed by atoms with van der Waals surface area (Å²) in [6.07, 6.45) is 0. The van der Waals surface area contributed by atoms with Crippen molar-refractivity contribution in [3.05, 3.63) is 23.8 Å². The summed E-state index contributed by atoms with van der Waals surface area (Å²) < 4.78 is 5.38. The van der Waals surface area contributed by atoms with E-state index in [1.807, 2.05) is 32.9 Å². The second-order valence-electron chi connectivity index (χ2n) is 6.10. The summed E-state index contributed by atoms with van der Waals surface area (Å²) in [6, 6.07) is 8.07. The summed E-state index contributed by atoms with van der Waals surface area (Å²) in [5.74, 6) is -0.180. The quantitative estimate of drug-likeness (QED) is 0.901. The van der Waals surface area contributed by atoms with Crippen LogP contribution in [0.25, 0.3) is 0 Å². The topological polar surface area (TPSA) is 68.6 Å². The fourth-order valence-corrected chi connectivity index (χ4v) is 2.73. The molecule has 2 rings (SSSR count). The van der Waals surface area contributed by atoms with Crippen LogP contribution in [-0.2, 0) is 4.74 Å². The van der Waals surface area contributed by atoms with Crippen molar-refractivity contribution in [1.82, 2.24) is 4.90 Å². The highest BCUT2D eigenvalue weighted by atomic mass is 16.5. The van der Waals surface area contributed by atoms with E-state index in [2.05, 4.69) is 22.4 Å². The maximum atomic E-state index is 12.4. The number of hydrogen-bond donors (Lipinski definition) is 1. The molecule has 0 radical (unpaired) electrons. The molecule has 2 amide bonds. The van der Waals surface area contributed by atoms with Gasteiger partial charge in [0.05, 0.1) is 25.2 Å². The Morgan fingerprint density at radius 2 is 2.17 bits per heavy atom. The Hall–Kier alpha value is -2.26. The lowest BCUT2D eigenvalue weighted by Gasteiger charge is -2.29. The molecule has 1 saturated heterocycles. The fraction of sp³-hybridized carbons (Fsp3) is 0.556. The number of carbonyl (C=O) groups is 1. The molecule has 0 unspecified atom stereocenters. The van der Waals surface area contributed by atoms with Gasteiger partial charge in [0, 0.05) is 37.6 Å². The van der Waals surface area contributed by atoms with Gasteiger partial charge in [0.2, 0.25) is 0 Å². The van der Waals surface area contributed by atoms with Crippen molar-refractivity contribution >= 4 is 17.4 Å². The van der Waals surface area contributed by atoms with Crippen LogP contribution in [-0.4, -0.2) is 50.3 Å². The standard InChI is InChI=1S/C18H26N4O2/c1-4-21(13-14(2)12-19)18(23)20-17-6-5-16(11-15(17)3)22-7-9-24-10-8-22/h5-6,11,14H,4,7-10,13H2,1-3H3,(H,20,23)/t14-/m0/s1. The predicted octanol–water partition coefficient (Wildman–Crippen LogP) is 2.85. The molecule has 0 bridgehead atoms. The summed E-state index contributed by atoms with van der Waals surface area (Å²) in [5.41, 5.74) is 2.98. The lowest BCUT2D eigenvalue weighted by molar-refractivity contribution is 0.122. The van der Waals surface area contributed by atoms with Gasteiger partial charge in [-0.05, 0) is 44.5 Å². The number of ether oxygens (including phenoxy) is 1. The van der Waals surface area contributed by atoms with Crippen molar-refractivity contribution in [2.24, 2.45) is 5.92 Å². The van der Waals surface area contributed by atoms with Gasteiger partial charge in [-0.2, -0.15) is 5.26 Å². The first-order valence-electron chi connectivity index (χ1n) is 8.44. The molecule has 1 atom stereocenters. The first-order chi connectivity index (χ1) is 11.5. The molecule has 1 fully saturated rings. The number of anilines is 2. The van der Waals surface area contributed by atoms with Crippen LogP contribution >= 0.6 is 0 Å². The SMILES string of the molecule is CCN(C[C@@H](C)C#N)C(=O)Nc1ccc(N2CCOCC2)cc1C. The maximum absolute atomic E-state index is 12.4. The van der Waals surface area contributed by atoms with Crippen LogP contribution in [0.1, 0.15) is 19.4 Å². The average molecular weight is 330 g/mol. The zero-order valence-corrected chi connectivity index (χ0v) is 14.7. The number of nitriles is 1. The lowest BCUT2D eigenvalue weighted by atomic mass is 10.1. The number of carbonyl (C=O) groups excluding carboxylic acids is 1. The minimum atomic E-state index is -0.180. The Kier molecular flexibility index (Phi) is 6.44. The van der Waals surface area contributed by atoms with E-state index in [1.165, 1.54) is 0 Å². The molecule has 0 aromatic heterocycles. The van der Waals surface area contributed by atoms with Crippen LogP contribution < -0.4 is 10.2 Å². The van der Waals surface area contributed by atoms with Gasteiger partial charge < -0.3 is 19.9 Å². The van der Waals surface area contributed by atoms with Gasteiger partial charge in [0.15, 0.2) is 0 Å². The maximum Gasteiger partial charge on any atom is 0.321 e. The van der Waals surface area contributed by atoms with E-state index in [0.29, 0.717) is 13.1 Å². The van der Waals surface area contributed by atoms with Gasteiger partial charge in [-0.25, -0.2) is 4.79 Å². The molecule has 1 heterocycles. The van der Waals surface area contributed by atoms with Gasteiger partial charge in [-0.1, -0.05) is 0 Å². The molecule has 1 aliphatic heterocycles. The van der Waals surface area contributed by atoms with E-state index in [9.17, 15) is 4.79 Å². The number of amides is 2. The zero-order chi connectivity index (χ0) is 17.5. The molecule has 0 saturated carbocycles. The van der Waals surface area contributed by atoms with Gasteiger partial charge in [-0.3, -0.25) is 0 Å². The summed E-state index contributed by atoms with van der Waals surface area (Å²) in [4.78, 5) is 16.4. The van der Waals surface area contributed by atoms with Crippen LogP contribution in [0.3, 0.4) is 0 Å². The molecule has 0 spiro atoms. The molecule has 6 nitrogen and oxygen atoms in total. The van der Waals surface area contributed by atoms with Crippen LogP contribution in [0, 0.1) is 24.2 Å². The van der Waals surface area contributed by atoms with Gasteiger partial charge >= 0.3 is 6.03 Å². The first-order valence-corrected chi connectivity index (χ1v) is 8.44. The van der Waals surface area contributed by atoms with Gasteiger partial charge in [0.1, 0.15) is 0 Å². The monoisotopic (exact) mass is 330 g/mol. The minimum absolute atomic E-state index is 0.165. The van der Waals surface area contributed by atoms with E-state index in [1.54, 1.807) is 4.90 Å². The molecule has 24 heavy (non-hydrogen) atoms. The van der Waals surface area contributed by atoms with E-state index < -0.39 is 0 Å². The number of urea groups is 1. The van der Waals surface area contributed by atoms with Crippen molar-refractivity contribution in [1.29, 1.82) is 5.26 Å². The third-order valence-corrected chi connectivity index (χ3v) is 4.21. The van der Waals surface area contributed by atoms with Crippen molar-refractivity contribution in [3.63, 3.8) is 0 Å². The highest BCUT2D eigenvalue weighted by Crippen LogP contribution is 2.23. The van der Waals surface area contributed by atoms with E-state index in [-0.39, 0.29) is 11.9 Å². The van der Waals surface area contributed by atoms with Crippen molar-refractivity contribution in [2.75, 3.05) is 49.6 Å². The van der Waals surface area contributed by atoms with E-state index in [0.717, 1.165) is 43.2 Å². The molecule has 1 aromatic rings. The summed E-state index contributed by atoms with van der Waals surface area (Å²) in [7, 11) is 0. The smallest absolute Gasteiger partial charge is 0.321 e. The Morgan fingerprint density at radius 3 is 2.75 bits per heavy atom. The van der Waals surface area contributed by atoms with Crippen molar-refractivity contribution in [2.45, 2.75) is 20.8 Å². The number of nitrogens with zero attached hydrogens (tertiary/aromatic N) is 3. The third-order valence-electron chi connectivity index (χ3n) is 4.21. The van der Waals surface area contributed by atoms with Crippen molar-refractivity contribution in [3.8, 4) is 6.07 Å². The molecule has 130 valence electrons. The zero-order valence-electron chi connectivity index (χ0n) is 14.7. The number of morpholine rings is 1. The molecular weight excluding hydrogens is 304 g/mol. The Labute approximate surface area is 144 Å². The van der Waals surface area contributed by atoms with Crippen LogP contribution in [0.15, 0.2) is 18.2 Å². The molecule has 6 heteroatoms. The minimum Gasteiger partial charge on any atom is -0.378 e. The molecule has 0 aliphatic carbocycles. The lowest BCUT2D eigenvalue weighted by Crippen LogP contribution is -2.38. The number of aryl methyl sites for hydroxylation is 1. The third kappa shape index (κ3) is 4.62. The second kappa shape index (κ2) is 8.55. The highest BCUT2D eigenvalue weighted by molar-refractivity contribution is 5.90. The van der Waals surface area contributed by atoms with E-state index in [4.69, 9.17) is 10.00 Å². The number of benzene rings is 1. The summed E-state index contributed by atoms with van der Waals surface area (Å²) >= 11 is 0. The number of hydrogen-bond acceptors (Lipinski definition) is 4. The molecular formula is C18H26N4O2. The second-order valence-corrected chi connectivity index (χ2v) is 6.10. The van der Waals surface area contributed by atoms with Crippen molar-refractivity contribution < 1.29 is 9.53 Å². The predicted molar refractivity (Wildman–Crippen MR) is 95.3 cm³/mol. The Bertz CT molecular complexity index is 606. The summed E-state index contributed by atoms with van der Waals surface area (Å²) in [5, 5.41) is 11.9. The Morgan fingerprint density at radius 1 is 1.46 bits per heavy atom.